The molecular weight excluding hydrogens is 415 g/mol. The summed E-state index contributed by atoms with van der Waals surface area (Å²) in [5.41, 5.74) is 12.0. The number of azide groups is 1. The van der Waals surface area contributed by atoms with Crippen molar-refractivity contribution in [2.24, 2.45) is 3.33 Å². The van der Waals surface area contributed by atoms with Gasteiger partial charge in [-0.1, -0.05) is 0 Å². The molecule has 3 rings (SSSR count). The van der Waals surface area contributed by atoms with E-state index in [9.17, 15) is 4.79 Å². The monoisotopic (exact) mass is 434 g/mol. The van der Waals surface area contributed by atoms with E-state index in [1.165, 1.54) is 5.56 Å². The Kier molecular flexibility index (Phi) is 4.51. The van der Waals surface area contributed by atoms with Gasteiger partial charge in [0.1, 0.15) is 0 Å². The van der Waals surface area contributed by atoms with Gasteiger partial charge in [-0.3, -0.25) is 0 Å². The van der Waals surface area contributed by atoms with Crippen LogP contribution in [0.15, 0.2) is 51.9 Å². The van der Waals surface area contributed by atoms with E-state index in [-0.39, 0.29) is 11.3 Å². The number of halogens is 1. The molecule has 24 heavy (non-hydrogen) atoms. The fraction of sp³-hybridized carbons (Fsp3) is 0.278. The molecule has 5 nitrogen and oxygen atoms in total. The normalized spacial score (nSPS) is 15.2. The molecule has 1 heterocycles. The molecule has 0 radical (unpaired) electrons. The first-order chi connectivity index (χ1) is 11.4. The average Bonchev–Trinajstić information content (AvgIpc) is 2.81. The molecule has 0 saturated heterocycles. The Morgan fingerprint density at radius 2 is 1.79 bits per heavy atom. The standard InChI is InChI=1S/C18H19IN4O/c1-18(2,3)14-10-8-13(9-11-14)12-23-17(24)15-6-4-5-7-16(15)19(23)21-22-20/h4-11H,12H2,1-3H3. The molecular formula is C18H19IN4O. The zero-order chi connectivity index (χ0) is 17.3. The molecule has 0 aliphatic carbocycles. The van der Waals surface area contributed by atoms with E-state index in [1.807, 2.05) is 24.3 Å². The van der Waals surface area contributed by atoms with Crippen molar-refractivity contribution in [2.45, 2.75) is 32.7 Å². The Balaban J connectivity index is 1.89. The number of benzene rings is 2. The van der Waals surface area contributed by atoms with Crippen LogP contribution in [-0.4, -0.2) is 9.02 Å². The Bertz CT molecular complexity index is 820. The molecule has 0 fully saturated rings. The minimum absolute atomic E-state index is 0.0249. The molecule has 0 spiro atoms. The summed E-state index contributed by atoms with van der Waals surface area (Å²) in [7, 11) is 0. The predicted molar refractivity (Wildman–Crippen MR) is 103 cm³/mol. The molecule has 0 unspecified atom stereocenters. The molecule has 0 atom stereocenters. The molecule has 6 heteroatoms. The first kappa shape index (κ1) is 16.8. The van der Waals surface area contributed by atoms with Gasteiger partial charge in [0.05, 0.1) is 0 Å². The van der Waals surface area contributed by atoms with Gasteiger partial charge in [0.2, 0.25) is 0 Å². The summed E-state index contributed by atoms with van der Waals surface area (Å²) < 4.78 is 6.70. The van der Waals surface area contributed by atoms with Gasteiger partial charge in [-0.25, -0.2) is 0 Å². The molecule has 0 aromatic heterocycles. The number of hydrogen-bond donors (Lipinski definition) is 0. The van der Waals surface area contributed by atoms with Crippen LogP contribution in [0.4, 0.5) is 0 Å². The summed E-state index contributed by atoms with van der Waals surface area (Å²) in [5.74, 6) is -0.0249. The van der Waals surface area contributed by atoms with Crippen molar-refractivity contribution in [1.29, 1.82) is 0 Å². The van der Waals surface area contributed by atoms with E-state index in [0.717, 1.165) is 9.13 Å². The van der Waals surface area contributed by atoms with Crippen LogP contribution in [0.5, 0.6) is 0 Å². The van der Waals surface area contributed by atoms with Gasteiger partial charge < -0.3 is 0 Å². The molecule has 2 aromatic rings. The zero-order valence-corrected chi connectivity index (χ0v) is 16.1. The van der Waals surface area contributed by atoms with Crippen LogP contribution < -0.4 is 0 Å². The summed E-state index contributed by atoms with van der Waals surface area (Å²) in [6, 6.07) is 15.8. The fourth-order valence-electron chi connectivity index (χ4n) is 2.61. The molecule has 0 N–H and O–H groups in total. The second-order valence-corrected chi connectivity index (χ2v) is 10.8. The second kappa shape index (κ2) is 6.45. The number of amides is 1. The minimum atomic E-state index is -2.38. The van der Waals surface area contributed by atoms with E-state index in [2.05, 4.69) is 53.3 Å². The van der Waals surface area contributed by atoms with E-state index in [4.69, 9.17) is 5.53 Å². The summed E-state index contributed by atoms with van der Waals surface area (Å²) in [4.78, 5) is 15.7. The molecule has 0 bridgehead atoms. The molecule has 1 amide bonds. The number of fused-ring (bicyclic) bond motifs is 1. The topological polar surface area (TPSA) is 69.1 Å². The zero-order valence-electron chi connectivity index (χ0n) is 13.9. The van der Waals surface area contributed by atoms with E-state index in [1.54, 1.807) is 3.11 Å². The van der Waals surface area contributed by atoms with Crippen molar-refractivity contribution >= 4 is 26.3 Å². The van der Waals surface area contributed by atoms with Gasteiger partial charge >= 0.3 is 149 Å². The second-order valence-electron chi connectivity index (χ2n) is 6.66. The molecule has 2 aromatic carbocycles. The van der Waals surface area contributed by atoms with Crippen molar-refractivity contribution in [2.75, 3.05) is 0 Å². The quantitative estimate of drug-likeness (QED) is 0.208. The van der Waals surface area contributed by atoms with Crippen LogP contribution in [0, 0.1) is 3.57 Å². The number of carbonyl (C=O) groups is 1. The van der Waals surface area contributed by atoms with Crippen molar-refractivity contribution in [3.05, 3.63) is 79.2 Å². The van der Waals surface area contributed by atoms with Crippen LogP contribution in [0.25, 0.3) is 10.4 Å². The first-order valence-corrected chi connectivity index (χ1v) is 10.7. The average molecular weight is 434 g/mol. The van der Waals surface area contributed by atoms with E-state index < -0.39 is 20.4 Å². The Hall–Kier alpha value is -2.05. The third-order valence-corrected chi connectivity index (χ3v) is 8.41. The van der Waals surface area contributed by atoms with Gasteiger partial charge in [-0.05, 0) is 0 Å². The van der Waals surface area contributed by atoms with Crippen molar-refractivity contribution < 1.29 is 4.79 Å². The molecule has 0 saturated carbocycles. The van der Waals surface area contributed by atoms with Gasteiger partial charge in [-0.15, -0.1) is 0 Å². The third-order valence-electron chi connectivity index (χ3n) is 3.95. The number of hydrogen-bond acceptors (Lipinski definition) is 2. The van der Waals surface area contributed by atoms with Crippen molar-refractivity contribution in [3.8, 4) is 0 Å². The van der Waals surface area contributed by atoms with Gasteiger partial charge in [0, 0.05) is 0 Å². The van der Waals surface area contributed by atoms with Gasteiger partial charge in [0.15, 0.2) is 0 Å². The van der Waals surface area contributed by atoms with E-state index >= 15 is 0 Å². The third kappa shape index (κ3) is 3.12. The SMILES string of the molecule is CC(C)(C)c1ccc(CN2C(=O)c3ccccc3I2N=[N+]=[N-])cc1. The van der Waals surface area contributed by atoms with Crippen molar-refractivity contribution in [1.82, 2.24) is 3.11 Å². The van der Waals surface area contributed by atoms with Crippen molar-refractivity contribution in [3.63, 3.8) is 0 Å². The van der Waals surface area contributed by atoms with Gasteiger partial charge in [0.25, 0.3) is 0 Å². The van der Waals surface area contributed by atoms with Crippen LogP contribution in [0.3, 0.4) is 0 Å². The summed E-state index contributed by atoms with van der Waals surface area (Å²) in [6.45, 7) is 7.01. The van der Waals surface area contributed by atoms with E-state index in [0.29, 0.717) is 12.1 Å². The molecule has 124 valence electrons. The number of carbonyl (C=O) groups excluding carboxylic acids is 1. The Morgan fingerprint density at radius 3 is 2.42 bits per heavy atom. The maximum absolute atomic E-state index is 12.7. The first-order valence-electron chi connectivity index (χ1n) is 7.67. The Morgan fingerprint density at radius 1 is 1.12 bits per heavy atom. The molecule has 1 aliphatic rings. The molecule has 1 aliphatic heterocycles. The summed E-state index contributed by atoms with van der Waals surface area (Å²) in [6.07, 6.45) is 0. The number of nitrogens with zero attached hydrogens (tertiary/aromatic N) is 4. The van der Waals surface area contributed by atoms with Crippen LogP contribution in [0.2, 0.25) is 0 Å². The van der Waals surface area contributed by atoms with Crippen LogP contribution in [-0.2, 0) is 12.0 Å². The number of rotatable bonds is 3. The fourth-order valence-corrected chi connectivity index (χ4v) is 6.73. The van der Waals surface area contributed by atoms with Crippen LogP contribution >= 0.6 is 20.4 Å². The van der Waals surface area contributed by atoms with Gasteiger partial charge in [-0.2, -0.15) is 0 Å². The Labute approximate surface area is 149 Å². The van der Waals surface area contributed by atoms with Crippen LogP contribution in [0.1, 0.15) is 42.3 Å². The summed E-state index contributed by atoms with van der Waals surface area (Å²) in [5, 5.41) is 0. The summed E-state index contributed by atoms with van der Waals surface area (Å²) >= 11 is -2.38. The predicted octanol–water partition coefficient (Wildman–Crippen LogP) is 5.46. The maximum atomic E-state index is 12.7.